The van der Waals surface area contributed by atoms with Crippen LogP contribution in [0, 0.1) is 0 Å². The Hall–Kier alpha value is -1.14. The molecular formula is C15H27NO4Si. The summed E-state index contributed by atoms with van der Waals surface area (Å²) >= 11 is 0. The van der Waals surface area contributed by atoms with Crippen LogP contribution in [0.5, 0.6) is 0 Å². The molecule has 6 heteroatoms. The van der Waals surface area contributed by atoms with Gasteiger partial charge in [-0.3, -0.25) is 9.69 Å². The summed E-state index contributed by atoms with van der Waals surface area (Å²) in [6.07, 6.45) is -1.07. The Morgan fingerprint density at radius 2 is 1.90 bits per heavy atom. The van der Waals surface area contributed by atoms with Gasteiger partial charge in [0.15, 0.2) is 14.1 Å². The van der Waals surface area contributed by atoms with E-state index in [4.69, 9.17) is 4.43 Å². The molecule has 0 saturated carbocycles. The molecule has 0 saturated heterocycles. The Balaban J connectivity index is 2.98. The lowest BCUT2D eigenvalue weighted by Crippen LogP contribution is -2.52. The second-order valence-corrected chi connectivity index (χ2v) is 12.0. The predicted molar refractivity (Wildman–Crippen MR) is 85.0 cm³/mol. The lowest BCUT2D eigenvalue weighted by molar-refractivity contribution is -0.117. The largest absolute Gasteiger partial charge is 0.465 e. The van der Waals surface area contributed by atoms with Crippen molar-refractivity contribution < 1.29 is 19.1 Å². The summed E-state index contributed by atoms with van der Waals surface area (Å²) in [6.45, 7) is 14.5. The van der Waals surface area contributed by atoms with Crippen LogP contribution >= 0.6 is 0 Å². The standard InChI is InChI=1S/C15H27NO4Si/c1-10-11(2)13(17)8-16(14(18)19)12(10)9-20-21(6,7)15(3,4)5/h12H,8-9H2,1-7H3,(H,18,19). The average Bonchev–Trinajstić information content (AvgIpc) is 2.32. The number of Topliss-reactive ketones (excluding diaryl/α,β-unsaturated/α-hetero) is 1. The van der Waals surface area contributed by atoms with Crippen molar-refractivity contribution in [1.29, 1.82) is 0 Å². The highest BCUT2D eigenvalue weighted by Crippen LogP contribution is 2.37. The van der Waals surface area contributed by atoms with E-state index in [1.54, 1.807) is 6.92 Å². The molecule has 0 aromatic heterocycles. The van der Waals surface area contributed by atoms with Crippen LogP contribution < -0.4 is 0 Å². The van der Waals surface area contributed by atoms with Gasteiger partial charge in [0.25, 0.3) is 0 Å². The zero-order valence-corrected chi connectivity index (χ0v) is 15.1. The van der Waals surface area contributed by atoms with Crippen molar-refractivity contribution in [3.8, 4) is 0 Å². The number of hydrogen-bond acceptors (Lipinski definition) is 3. The predicted octanol–water partition coefficient (Wildman–Crippen LogP) is 3.28. The first-order chi connectivity index (χ1) is 9.38. The lowest BCUT2D eigenvalue weighted by atomic mass is 9.95. The van der Waals surface area contributed by atoms with E-state index in [-0.39, 0.29) is 23.4 Å². The molecular weight excluding hydrogens is 286 g/mol. The smallest absolute Gasteiger partial charge is 0.408 e. The molecule has 1 aliphatic rings. The Bertz CT molecular complexity index is 477. The first-order valence-corrected chi connectivity index (χ1v) is 10.1. The van der Waals surface area contributed by atoms with Gasteiger partial charge in [0.05, 0.1) is 19.2 Å². The van der Waals surface area contributed by atoms with Gasteiger partial charge in [0, 0.05) is 0 Å². The summed E-state index contributed by atoms with van der Waals surface area (Å²) in [6, 6.07) is -0.366. The van der Waals surface area contributed by atoms with Gasteiger partial charge in [-0.1, -0.05) is 20.8 Å². The fourth-order valence-electron chi connectivity index (χ4n) is 2.01. The van der Waals surface area contributed by atoms with Gasteiger partial charge in [-0.05, 0) is 43.1 Å². The summed E-state index contributed by atoms with van der Waals surface area (Å²) in [5.74, 6) is -0.126. The zero-order valence-electron chi connectivity index (χ0n) is 14.1. The minimum absolute atomic E-state index is 0.0677. The average molecular weight is 313 g/mol. The number of ketones is 1. The van der Waals surface area contributed by atoms with Gasteiger partial charge in [0.2, 0.25) is 0 Å². The number of carbonyl (C=O) groups excluding carboxylic acids is 1. The van der Waals surface area contributed by atoms with E-state index < -0.39 is 14.4 Å². The first-order valence-electron chi connectivity index (χ1n) is 7.22. The van der Waals surface area contributed by atoms with Crippen molar-refractivity contribution in [1.82, 2.24) is 4.90 Å². The van der Waals surface area contributed by atoms with Crippen molar-refractivity contribution in [3.63, 3.8) is 0 Å². The molecule has 21 heavy (non-hydrogen) atoms. The number of rotatable bonds is 3. The second-order valence-electron chi connectivity index (χ2n) is 7.23. The maximum Gasteiger partial charge on any atom is 0.408 e. The molecule has 0 bridgehead atoms. The minimum atomic E-state index is -1.95. The van der Waals surface area contributed by atoms with Crippen LogP contribution in [0.3, 0.4) is 0 Å². The van der Waals surface area contributed by atoms with Crippen LogP contribution in [-0.2, 0) is 9.22 Å². The molecule has 0 fully saturated rings. The number of carboxylic acid groups (broad SMARTS) is 1. The number of amides is 1. The van der Waals surface area contributed by atoms with Crippen molar-refractivity contribution in [3.05, 3.63) is 11.1 Å². The second kappa shape index (κ2) is 5.92. The molecule has 0 aliphatic carbocycles. The minimum Gasteiger partial charge on any atom is -0.465 e. The van der Waals surface area contributed by atoms with E-state index >= 15 is 0 Å². The maximum absolute atomic E-state index is 11.8. The summed E-state index contributed by atoms with van der Waals surface area (Å²) in [7, 11) is -1.95. The van der Waals surface area contributed by atoms with E-state index in [0.717, 1.165) is 5.57 Å². The Morgan fingerprint density at radius 3 is 2.33 bits per heavy atom. The fraction of sp³-hybridized carbons (Fsp3) is 0.733. The van der Waals surface area contributed by atoms with Crippen LogP contribution in [0.1, 0.15) is 34.6 Å². The third kappa shape index (κ3) is 3.74. The van der Waals surface area contributed by atoms with Gasteiger partial charge in [-0.2, -0.15) is 0 Å². The highest BCUT2D eigenvalue weighted by Gasteiger charge is 2.40. The molecule has 1 N–H and O–H groups in total. The Kier molecular flexibility index (Phi) is 5.05. The number of nitrogens with zero attached hydrogens (tertiary/aromatic N) is 1. The lowest BCUT2D eigenvalue weighted by Gasteiger charge is -2.40. The van der Waals surface area contributed by atoms with Crippen molar-refractivity contribution in [2.24, 2.45) is 0 Å². The van der Waals surface area contributed by atoms with Crippen molar-refractivity contribution >= 4 is 20.2 Å². The SMILES string of the molecule is CC1=C(C)C(CO[Si](C)(C)C(C)(C)C)N(C(=O)O)CC1=O. The zero-order chi connectivity index (χ0) is 16.6. The molecule has 1 atom stereocenters. The van der Waals surface area contributed by atoms with Crippen LogP contribution in [0.15, 0.2) is 11.1 Å². The van der Waals surface area contributed by atoms with Crippen LogP contribution in [0.25, 0.3) is 0 Å². The molecule has 1 heterocycles. The fourth-order valence-corrected chi connectivity index (χ4v) is 3.01. The first kappa shape index (κ1) is 17.9. The van der Waals surface area contributed by atoms with Crippen LogP contribution in [0.4, 0.5) is 4.79 Å². The summed E-state index contributed by atoms with van der Waals surface area (Å²) in [5, 5.41) is 9.39. The normalized spacial score (nSPS) is 21.0. The highest BCUT2D eigenvalue weighted by atomic mass is 28.4. The van der Waals surface area contributed by atoms with E-state index in [9.17, 15) is 14.7 Å². The number of hydrogen-bond donors (Lipinski definition) is 1. The van der Waals surface area contributed by atoms with Crippen molar-refractivity contribution in [2.45, 2.75) is 58.8 Å². The summed E-state index contributed by atoms with van der Waals surface area (Å²) < 4.78 is 6.16. The van der Waals surface area contributed by atoms with Gasteiger partial charge in [-0.25, -0.2) is 4.79 Å². The van der Waals surface area contributed by atoms with Gasteiger partial charge >= 0.3 is 6.09 Å². The molecule has 1 rings (SSSR count). The van der Waals surface area contributed by atoms with E-state index in [0.29, 0.717) is 12.2 Å². The topological polar surface area (TPSA) is 66.8 Å². The van der Waals surface area contributed by atoms with Gasteiger partial charge in [0.1, 0.15) is 0 Å². The molecule has 5 nitrogen and oxygen atoms in total. The molecule has 0 aromatic rings. The molecule has 1 aliphatic heterocycles. The van der Waals surface area contributed by atoms with Gasteiger partial charge < -0.3 is 9.53 Å². The van der Waals surface area contributed by atoms with E-state index in [1.807, 2.05) is 6.92 Å². The molecule has 0 aromatic carbocycles. The maximum atomic E-state index is 11.8. The van der Waals surface area contributed by atoms with E-state index in [1.165, 1.54) is 4.90 Å². The Labute approximate surface area is 128 Å². The van der Waals surface area contributed by atoms with Crippen molar-refractivity contribution in [2.75, 3.05) is 13.2 Å². The Morgan fingerprint density at radius 1 is 1.38 bits per heavy atom. The third-order valence-electron chi connectivity index (χ3n) is 4.85. The molecule has 1 unspecified atom stereocenters. The van der Waals surface area contributed by atoms with Gasteiger partial charge in [-0.15, -0.1) is 0 Å². The molecule has 0 radical (unpaired) electrons. The number of carbonyl (C=O) groups is 2. The molecule has 0 spiro atoms. The van der Waals surface area contributed by atoms with E-state index in [2.05, 4.69) is 33.9 Å². The molecule has 120 valence electrons. The van der Waals surface area contributed by atoms with Crippen LogP contribution in [0.2, 0.25) is 18.1 Å². The monoisotopic (exact) mass is 313 g/mol. The third-order valence-corrected chi connectivity index (χ3v) is 9.35. The summed E-state index contributed by atoms with van der Waals surface area (Å²) in [4.78, 5) is 24.4. The molecule has 1 amide bonds. The van der Waals surface area contributed by atoms with Crippen LogP contribution in [-0.4, -0.2) is 49.4 Å². The summed E-state index contributed by atoms with van der Waals surface area (Å²) in [5.41, 5.74) is 1.46. The quantitative estimate of drug-likeness (QED) is 0.812. The highest BCUT2D eigenvalue weighted by molar-refractivity contribution is 6.74.